The van der Waals surface area contributed by atoms with Crippen LogP contribution in [0.3, 0.4) is 0 Å². The lowest BCUT2D eigenvalue weighted by Crippen LogP contribution is -2.40. The third kappa shape index (κ3) is 8.15. The molecule has 0 bridgehead atoms. The standard InChI is InChI=1S/C18H34N2O/c1-3-4-5-6-7-8-9-10-11-12-13-14-18-19-15-16-20(18)17(2)21/h3,15-19,21H,1,4-14H2,2H3. The normalized spacial score (nSPS) is 18.8. The van der Waals surface area contributed by atoms with Crippen LogP contribution in [0.2, 0.25) is 0 Å². The second kappa shape index (κ2) is 11.7. The average Bonchev–Trinajstić information content (AvgIpc) is 2.93. The van der Waals surface area contributed by atoms with Gasteiger partial charge < -0.3 is 15.3 Å². The summed E-state index contributed by atoms with van der Waals surface area (Å²) in [6.45, 7) is 5.57. The number of rotatable bonds is 13. The zero-order chi connectivity index (χ0) is 15.3. The van der Waals surface area contributed by atoms with E-state index < -0.39 is 6.23 Å². The smallest absolute Gasteiger partial charge is 0.125 e. The summed E-state index contributed by atoms with van der Waals surface area (Å²) in [6, 6.07) is 0. The Kier molecular flexibility index (Phi) is 10.1. The van der Waals surface area contributed by atoms with Gasteiger partial charge in [-0.05, 0) is 32.6 Å². The molecule has 1 rings (SSSR count). The van der Waals surface area contributed by atoms with Crippen LogP contribution in [0.15, 0.2) is 25.1 Å². The highest BCUT2D eigenvalue weighted by molar-refractivity contribution is 4.94. The van der Waals surface area contributed by atoms with Gasteiger partial charge in [0.25, 0.3) is 0 Å². The molecule has 0 spiro atoms. The Bertz CT molecular complexity index is 289. The lowest BCUT2D eigenvalue weighted by Gasteiger charge is -2.28. The fourth-order valence-corrected chi connectivity index (χ4v) is 2.91. The molecule has 3 heteroatoms. The summed E-state index contributed by atoms with van der Waals surface area (Å²) in [5.74, 6) is 0. The number of hydrogen-bond donors (Lipinski definition) is 2. The van der Waals surface area contributed by atoms with E-state index in [1.807, 2.05) is 30.3 Å². The van der Waals surface area contributed by atoms with Crippen molar-refractivity contribution in [1.82, 2.24) is 10.2 Å². The van der Waals surface area contributed by atoms with Crippen molar-refractivity contribution in [2.75, 3.05) is 0 Å². The largest absolute Gasteiger partial charge is 0.374 e. The summed E-state index contributed by atoms with van der Waals surface area (Å²) in [5.41, 5.74) is 0. The Morgan fingerprint density at radius 2 is 1.67 bits per heavy atom. The lowest BCUT2D eigenvalue weighted by molar-refractivity contribution is 0.0254. The molecule has 0 fully saturated rings. The van der Waals surface area contributed by atoms with Gasteiger partial charge in [0.05, 0.1) is 0 Å². The highest BCUT2D eigenvalue weighted by Gasteiger charge is 2.20. The number of aliphatic hydroxyl groups is 1. The molecular formula is C18H34N2O. The molecule has 0 radical (unpaired) electrons. The first kappa shape index (κ1) is 18.1. The Morgan fingerprint density at radius 1 is 1.10 bits per heavy atom. The second-order valence-corrected chi connectivity index (χ2v) is 6.13. The summed E-state index contributed by atoms with van der Waals surface area (Å²) >= 11 is 0. The Hall–Kier alpha value is -0.960. The number of nitrogens with zero attached hydrogens (tertiary/aromatic N) is 1. The van der Waals surface area contributed by atoms with E-state index in [4.69, 9.17) is 0 Å². The molecular weight excluding hydrogens is 260 g/mol. The van der Waals surface area contributed by atoms with Crippen molar-refractivity contribution in [2.24, 2.45) is 0 Å². The van der Waals surface area contributed by atoms with Gasteiger partial charge in [-0.1, -0.05) is 51.0 Å². The van der Waals surface area contributed by atoms with Gasteiger partial charge in [0.15, 0.2) is 0 Å². The van der Waals surface area contributed by atoms with Crippen molar-refractivity contribution in [2.45, 2.75) is 89.9 Å². The van der Waals surface area contributed by atoms with E-state index in [0.29, 0.717) is 0 Å². The van der Waals surface area contributed by atoms with Crippen LogP contribution in [0.25, 0.3) is 0 Å². The Balaban J connectivity index is 1.86. The van der Waals surface area contributed by atoms with Crippen LogP contribution in [-0.4, -0.2) is 22.4 Å². The van der Waals surface area contributed by atoms with Crippen LogP contribution in [0.5, 0.6) is 0 Å². The van der Waals surface area contributed by atoms with E-state index in [0.717, 1.165) is 6.42 Å². The predicted molar refractivity (Wildman–Crippen MR) is 90.6 cm³/mol. The third-order valence-electron chi connectivity index (χ3n) is 4.21. The van der Waals surface area contributed by atoms with Crippen molar-refractivity contribution in [3.8, 4) is 0 Å². The van der Waals surface area contributed by atoms with Crippen LogP contribution in [0.4, 0.5) is 0 Å². The molecule has 2 N–H and O–H groups in total. The molecule has 1 aliphatic heterocycles. The van der Waals surface area contributed by atoms with Crippen molar-refractivity contribution in [3.05, 3.63) is 25.1 Å². The molecule has 1 aliphatic rings. The molecule has 0 amide bonds. The highest BCUT2D eigenvalue weighted by Crippen LogP contribution is 2.16. The van der Waals surface area contributed by atoms with Crippen LogP contribution >= 0.6 is 0 Å². The number of aliphatic hydroxyl groups excluding tert-OH is 1. The molecule has 3 nitrogen and oxygen atoms in total. The van der Waals surface area contributed by atoms with Gasteiger partial charge in [-0.15, -0.1) is 6.58 Å². The lowest BCUT2D eigenvalue weighted by atomic mass is 10.1. The van der Waals surface area contributed by atoms with Crippen LogP contribution < -0.4 is 5.32 Å². The van der Waals surface area contributed by atoms with E-state index in [1.54, 1.807) is 0 Å². The first-order valence-electron chi connectivity index (χ1n) is 8.75. The number of allylic oxidation sites excluding steroid dienone is 1. The van der Waals surface area contributed by atoms with Crippen LogP contribution in [0.1, 0.15) is 77.6 Å². The van der Waals surface area contributed by atoms with Crippen LogP contribution in [-0.2, 0) is 0 Å². The zero-order valence-electron chi connectivity index (χ0n) is 13.8. The minimum atomic E-state index is -0.401. The second-order valence-electron chi connectivity index (χ2n) is 6.13. The van der Waals surface area contributed by atoms with Crippen molar-refractivity contribution in [3.63, 3.8) is 0 Å². The number of hydrogen-bond acceptors (Lipinski definition) is 3. The first-order valence-corrected chi connectivity index (χ1v) is 8.75. The molecule has 0 aromatic rings. The summed E-state index contributed by atoms with van der Waals surface area (Å²) in [7, 11) is 0. The predicted octanol–water partition coefficient (Wildman–Crippen LogP) is 4.50. The van der Waals surface area contributed by atoms with Gasteiger partial charge >= 0.3 is 0 Å². The van der Waals surface area contributed by atoms with Crippen molar-refractivity contribution >= 4 is 0 Å². The summed E-state index contributed by atoms with van der Waals surface area (Å²) in [5, 5.41) is 12.9. The maximum atomic E-state index is 9.63. The monoisotopic (exact) mass is 294 g/mol. The molecule has 0 saturated heterocycles. The molecule has 21 heavy (non-hydrogen) atoms. The maximum absolute atomic E-state index is 9.63. The van der Waals surface area contributed by atoms with E-state index in [9.17, 15) is 5.11 Å². The average molecular weight is 294 g/mol. The van der Waals surface area contributed by atoms with Gasteiger partial charge in [-0.3, -0.25) is 0 Å². The molecule has 2 atom stereocenters. The minimum absolute atomic E-state index is 0.287. The molecule has 0 aromatic heterocycles. The third-order valence-corrected chi connectivity index (χ3v) is 4.21. The topological polar surface area (TPSA) is 35.5 Å². The van der Waals surface area contributed by atoms with Crippen molar-refractivity contribution < 1.29 is 5.11 Å². The summed E-state index contributed by atoms with van der Waals surface area (Å²) in [4.78, 5) is 1.99. The zero-order valence-corrected chi connectivity index (χ0v) is 13.8. The summed E-state index contributed by atoms with van der Waals surface area (Å²) in [6.07, 6.45) is 20.2. The van der Waals surface area contributed by atoms with Gasteiger partial charge in [-0.25, -0.2) is 0 Å². The maximum Gasteiger partial charge on any atom is 0.125 e. The fourth-order valence-electron chi connectivity index (χ4n) is 2.91. The van der Waals surface area contributed by atoms with Gasteiger partial charge in [0, 0.05) is 12.4 Å². The van der Waals surface area contributed by atoms with E-state index in [1.165, 1.54) is 64.2 Å². The first-order chi connectivity index (χ1) is 10.3. The van der Waals surface area contributed by atoms with Gasteiger partial charge in [-0.2, -0.15) is 0 Å². The number of nitrogens with one attached hydrogen (secondary N) is 1. The molecule has 2 unspecified atom stereocenters. The minimum Gasteiger partial charge on any atom is -0.374 e. The molecule has 0 aromatic carbocycles. The molecule has 0 aliphatic carbocycles. The molecule has 122 valence electrons. The van der Waals surface area contributed by atoms with Crippen molar-refractivity contribution in [1.29, 1.82) is 0 Å². The SMILES string of the molecule is C=CCCCCCCCCCCCC1NC=CN1C(C)O. The fraction of sp³-hybridized carbons (Fsp3) is 0.778. The van der Waals surface area contributed by atoms with E-state index in [2.05, 4.69) is 11.9 Å². The van der Waals surface area contributed by atoms with E-state index >= 15 is 0 Å². The molecule has 1 heterocycles. The Morgan fingerprint density at radius 3 is 2.24 bits per heavy atom. The highest BCUT2D eigenvalue weighted by atomic mass is 16.3. The quantitative estimate of drug-likeness (QED) is 0.388. The van der Waals surface area contributed by atoms with Crippen LogP contribution in [0, 0.1) is 0 Å². The summed E-state index contributed by atoms with van der Waals surface area (Å²) < 4.78 is 0. The Labute approximate surface area is 131 Å². The molecule has 0 saturated carbocycles. The number of unbranched alkanes of at least 4 members (excludes halogenated alkanes) is 9. The van der Waals surface area contributed by atoms with E-state index in [-0.39, 0.29) is 6.17 Å². The van der Waals surface area contributed by atoms with Gasteiger partial charge in [0.1, 0.15) is 12.4 Å². The van der Waals surface area contributed by atoms with Gasteiger partial charge in [0.2, 0.25) is 0 Å².